The minimum absolute atomic E-state index is 0.634. The summed E-state index contributed by atoms with van der Waals surface area (Å²) in [5, 5.41) is 1.30. The Morgan fingerprint density at radius 1 is 1.05 bits per heavy atom. The molecule has 0 aliphatic carbocycles. The van der Waals surface area contributed by atoms with Crippen LogP contribution in [0.25, 0.3) is 22.4 Å². The van der Waals surface area contributed by atoms with E-state index in [-0.39, 0.29) is 0 Å². The van der Waals surface area contributed by atoms with Gasteiger partial charge in [-0.2, -0.15) is 0 Å². The smallest absolute Gasteiger partial charge is 0.143 e. The molecular weight excluding hydrogens is 281 g/mol. The standard InChI is InChI=1S/C14H11Cl2N3/c1-19-13-5-3-9(16)7-12(13)18-14(19)10-6-8(15)2-4-11(10)17/h2-7H,17H2,1H3. The van der Waals surface area contributed by atoms with Gasteiger partial charge >= 0.3 is 0 Å². The van der Waals surface area contributed by atoms with Gasteiger partial charge in [0.1, 0.15) is 5.82 Å². The fraction of sp³-hybridized carbons (Fsp3) is 0.0714. The van der Waals surface area contributed by atoms with Crippen molar-refractivity contribution in [2.24, 2.45) is 7.05 Å². The third-order valence-electron chi connectivity index (χ3n) is 3.10. The maximum absolute atomic E-state index is 6.03. The lowest BCUT2D eigenvalue weighted by Crippen LogP contribution is -1.96. The zero-order chi connectivity index (χ0) is 13.6. The molecule has 1 heterocycles. The van der Waals surface area contributed by atoms with Gasteiger partial charge in [-0.15, -0.1) is 0 Å². The Balaban J connectivity index is 2.30. The molecule has 3 rings (SSSR count). The summed E-state index contributed by atoms with van der Waals surface area (Å²) in [4.78, 5) is 4.59. The molecule has 1 aromatic heterocycles. The molecule has 0 amide bonds. The molecular formula is C14H11Cl2N3. The molecule has 0 atom stereocenters. The Labute approximate surface area is 120 Å². The lowest BCUT2D eigenvalue weighted by Gasteiger charge is -2.06. The number of aryl methyl sites for hydroxylation is 1. The predicted molar refractivity (Wildman–Crippen MR) is 80.6 cm³/mol. The van der Waals surface area contributed by atoms with Crippen LogP contribution in [0.3, 0.4) is 0 Å². The molecule has 3 nitrogen and oxygen atoms in total. The molecule has 0 aliphatic rings. The van der Waals surface area contributed by atoms with Crippen LogP contribution in [0.2, 0.25) is 10.0 Å². The summed E-state index contributed by atoms with van der Waals surface area (Å²) in [5.41, 5.74) is 9.31. The van der Waals surface area contributed by atoms with Crippen molar-refractivity contribution in [2.45, 2.75) is 0 Å². The van der Waals surface area contributed by atoms with Crippen LogP contribution in [-0.4, -0.2) is 9.55 Å². The number of hydrogen-bond donors (Lipinski definition) is 1. The minimum Gasteiger partial charge on any atom is -0.398 e. The van der Waals surface area contributed by atoms with Crippen LogP contribution < -0.4 is 5.73 Å². The maximum atomic E-state index is 6.03. The second kappa shape index (κ2) is 4.44. The van der Waals surface area contributed by atoms with E-state index < -0.39 is 0 Å². The van der Waals surface area contributed by atoms with Gasteiger partial charge < -0.3 is 10.3 Å². The van der Waals surface area contributed by atoms with E-state index in [1.54, 1.807) is 12.1 Å². The summed E-state index contributed by atoms with van der Waals surface area (Å²) >= 11 is 12.0. The normalized spacial score (nSPS) is 11.1. The second-order valence-electron chi connectivity index (χ2n) is 4.36. The van der Waals surface area contributed by atoms with Gasteiger partial charge in [0.25, 0.3) is 0 Å². The molecule has 19 heavy (non-hydrogen) atoms. The van der Waals surface area contributed by atoms with E-state index in [2.05, 4.69) is 4.98 Å². The zero-order valence-corrected chi connectivity index (χ0v) is 11.7. The van der Waals surface area contributed by atoms with Crippen LogP contribution in [0.15, 0.2) is 36.4 Å². The van der Waals surface area contributed by atoms with Gasteiger partial charge in [-0.05, 0) is 36.4 Å². The molecule has 0 saturated heterocycles. The fourth-order valence-corrected chi connectivity index (χ4v) is 2.47. The molecule has 0 saturated carbocycles. The molecule has 5 heteroatoms. The Hall–Kier alpha value is -1.71. The van der Waals surface area contributed by atoms with Crippen LogP contribution in [0.1, 0.15) is 0 Å². The van der Waals surface area contributed by atoms with Crippen molar-refractivity contribution in [3.63, 3.8) is 0 Å². The minimum atomic E-state index is 0.634. The molecule has 3 aromatic rings. The molecule has 0 radical (unpaired) electrons. The van der Waals surface area contributed by atoms with Crippen molar-refractivity contribution < 1.29 is 0 Å². The van der Waals surface area contributed by atoms with Crippen LogP contribution in [0.4, 0.5) is 5.69 Å². The van der Waals surface area contributed by atoms with E-state index in [1.807, 2.05) is 35.9 Å². The molecule has 2 aromatic carbocycles. The van der Waals surface area contributed by atoms with E-state index in [0.29, 0.717) is 15.7 Å². The highest BCUT2D eigenvalue weighted by molar-refractivity contribution is 6.31. The number of imidazole rings is 1. The van der Waals surface area contributed by atoms with Crippen molar-refractivity contribution in [1.29, 1.82) is 0 Å². The zero-order valence-electron chi connectivity index (χ0n) is 10.2. The number of hydrogen-bond acceptors (Lipinski definition) is 2. The molecule has 96 valence electrons. The topological polar surface area (TPSA) is 43.8 Å². The highest BCUT2D eigenvalue weighted by atomic mass is 35.5. The van der Waals surface area contributed by atoms with Gasteiger partial charge in [0.2, 0.25) is 0 Å². The first kappa shape index (κ1) is 12.3. The number of rotatable bonds is 1. The SMILES string of the molecule is Cn1c(-c2cc(Cl)ccc2N)nc2cc(Cl)ccc21. The number of nitrogens with two attached hydrogens (primary N) is 1. The first-order valence-electron chi connectivity index (χ1n) is 5.73. The molecule has 0 aliphatic heterocycles. The number of nitrogens with zero attached hydrogens (tertiary/aromatic N) is 2. The summed E-state index contributed by atoms with van der Waals surface area (Å²) in [6.07, 6.45) is 0. The van der Waals surface area contributed by atoms with Gasteiger partial charge in [-0.3, -0.25) is 0 Å². The first-order chi connectivity index (χ1) is 9.06. The van der Waals surface area contributed by atoms with Crippen molar-refractivity contribution in [2.75, 3.05) is 5.73 Å². The number of aromatic nitrogens is 2. The number of anilines is 1. The molecule has 0 fully saturated rings. The summed E-state index contributed by atoms with van der Waals surface area (Å²) in [6.45, 7) is 0. The number of benzene rings is 2. The van der Waals surface area contributed by atoms with Crippen LogP contribution in [-0.2, 0) is 7.05 Å². The second-order valence-corrected chi connectivity index (χ2v) is 5.23. The Morgan fingerprint density at radius 2 is 1.74 bits per heavy atom. The van der Waals surface area contributed by atoms with Gasteiger partial charge in [-0.25, -0.2) is 4.98 Å². The monoisotopic (exact) mass is 291 g/mol. The molecule has 0 bridgehead atoms. The summed E-state index contributed by atoms with van der Waals surface area (Å²) in [6, 6.07) is 11.0. The quantitative estimate of drug-likeness (QED) is 0.685. The van der Waals surface area contributed by atoms with Gasteiger partial charge in [0.15, 0.2) is 0 Å². The molecule has 2 N–H and O–H groups in total. The van der Waals surface area contributed by atoms with E-state index >= 15 is 0 Å². The molecule has 0 spiro atoms. The number of nitrogen functional groups attached to an aromatic ring is 1. The van der Waals surface area contributed by atoms with Gasteiger partial charge in [-0.1, -0.05) is 23.2 Å². The van der Waals surface area contributed by atoms with Crippen molar-refractivity contribution in [3.8, 4) is 11.4 Å². The van der Waals surface area contributed by atoms with Gasteiger partial charge in [0.05, 0.1) is 11.0 Å². The summed E-state index contributed by atoms with van der Waals surface area (Å²) < 4.78 is 1.98. The third-order valence-corrected chi connectivity index (χ3v) is 3.57. The Bertz CT molecular complexity index is 778. The fourth-order valence-electron chi connectivity index (χ4n) is 2.14. The van der Waals surface area contributed by atoms with Crippen LogP contribution in [0, 0.1) is 0 Å². The largest absolute Gasteiger partial charge is 0.398 e. The highest BCUT2D eigenvalue weighted by Crippen LogP contribution is 2.31. The third kappa shape index (κ3) is 2.05. The van der Waals surface area contributed by atoms with E-state index in [1.165, 1.54) is 0 Å². The van der Waals surface area contributed by atoms with Crippen LogP contribution in [0.5, 0.6) is 0 Å². The molecule has 0 unspecified atom stereocenters. The van der Waals surface area contributed by atoms with E-state index in [0.717, 1.165) is 22.4 Å². The predicted octanol–water partition coefficient (Wildman–Crippen LogP) is 4.13. The van der Waals surface area contributed by atoms with Crippen LogP contribution >= 0.6 is 23.2 Å². The average molecular weight is 292 g/mol. The average Bonchev–Trinajstić information content (AvgIpc) is 2.69. The number of fused-ring (bicyclic) bond motifs is 1. The van der Waals surface area contributed by atoms with Crippen molar-refractivity contribution in [1.82, 2.24) is 9.55 Å². The summed E-state index contributed by atoms with van der Waals surface area (Å²) in [5.74, 6) is 0.775. The van der Waals surface area contributed by atoms with Crippen molar-refractivity contribution in [3.05, 3.63) is 46.4 Å². The Kier molecular flexibility index (Phi) is 2.88. The van der Waals surface area contributed by atoms with E-state index in [4.69, 9.17) is 28.9 Å². The van der Waals surface area contributed by atoms with Crippen molar-refractivity contribution >= 4 is 39.9 Å². The van der Waals surface area contributed by atoms with E-state index in [9.17, 15) is 0 Å². The maximum Gasteiger partial charge on any atom is 0.143 e. The number of halogens is 2. The first-order valence-corrected chi connectivity index (χ1v) is 6.49. The lowest BCUT2D eigenvalue weighted by molar-refractivity contribution is 0.960. The summed E-state index contributed by atoms with van der Waals surface area (Å²) in [7, 11) is 1.94. The lowest BCUT2D eigenvalue weighted by atomic mass is 10.1. The highest BCUT2D eigenvalue weighted by Gasteiger charge is 2.13. The van der Waals surface area contributed by atoms with Gasteiger partial charge in [0, 0.05) is 28.3 Å². The Morgan fingerprint density at radius 3 is 2.53 bits per heavy atom.